The summed E-state index contributed by atoms with van der Waals surface area (Å²) in [5, 5.41) is 21.7. The molecule has 1 saturated heterocycles. The molecule has 1 fully saturated rings. The van der Waals surface area contributed by atoms with E-state index < -0.39 is 43.3 Å². The van der Waals surface area contributed by atoms with E-state index in [2.05, 4.69) is 0 Å². The van der Waals surface area contributed by atoms with Crippen LogP contribution in [0.25, 0.3) is 0 Å². The summed E-state index contributed by atoms with van der Waals surface area (Å²) in [6.45, 7) is 0.232. The van der Waals surface area contributed by atoms with Crippen LogP contribution >= 0.6 is 0 Å². The van der Waals surface area contributed by atoms with Crippen LogP contribution in [0.3, 0.4) is 0 Å². The third-order valence-corrected chi connectivity index (χ3v) is 9.55. The predicted octanol–water partition coefficient (Wildman–Crippen LogP) is 7.83. The first-order valence-corrected chi connectivity index (χ1v) is 19.2. The van der Waals surface area contributed by atoms with Crippen molar-refractivity contribution in [1.82, 2.24) is 0 Å². The van der Waals surface area contributed by atoms with Gasteiger partial charge in [-0.3, -0.25) is 0 Å². The van der Waals surface area contributed by atoms with Crippen LogP contribution in [0.1, 0.15) is 38.2 Å². The summed E-state index contributed by atoms with van der Waals surface area (Å²) in [7, 11) is 0. The van der Waals surface area contributed by atoms with E-state index in [1.807, 2.05) is 152 Å². The van der Waals surface area contributed by atoms with Gasteiger partial charge in [0.15, 0.2) is 11.5 Å². The molecule has 1 heterocycles. The summed E-state index contributed by atoms with van der Waals surface area (Å²) in [6, 6.07) is 51.0. The second kappa shape index (κ2) is 20.4. The molecule has 0 saturated carbocycles. The number of hydrogen-bond donors (Lipinski definition) is 2. The molecule has 1 aliphatic heterocycles. The Morgan fingerprint density at radius 2 is 0.897 bits per heavy atom. The van der Waals surface area contributed by atoms with Crippen LogP contribution in [0.2, 0.25) is 0 Å². The first kappa shape index (κ1) is 40.2. The highest BCUT2D eigenvalue weighted by molar-refractivity contribution is 5.91. The third kappa shape index (κ3) is 10.9. The number of aliphatic hydroxyl groups is 2. The Morgan fingerprint density at radius 3 is 1.31 bits per heavy atom. The highest BCUT2D eigenvalue weighted by Gasteiger charge is 2.48. The average Bonchev–Trinajstić information content (AvgIpc) is 3.28. The number of benzene rings is 6. The Balaban J connectivity index is 1.21. The largest absolute Gasteiger partial charge is 0.485 e. The van der Waals surface area contributed by atoms with Gasteiger partial charge in [-0.15, -0.1) is 0 Å². The molecule has 5 atom stereocenters. The van der Waals surface area contributed by atoms with Crippen LogP contribution in [-0.2, 0) is 52.0 Å². The number of carbonyl (C=O) groups excluding carboxylic acids is 1. The van der Waals surface area contributed by atoms with Gasteiger partial charge in [-0.05, 0) is 39.9 Å². The molecule has 0 amide bonds. The molecule has 6 aromatic rings. The van der Waals surface area contributed by atoms with E-state index in [0.29, 0.717) is 5.75 Å². The molecule has 298 valence electrons. The van der Waals surface area contributed by atoms with E-state index in [-0.39, 0.29) is 50.1 Å². The number of rotatable bonds is 18. The molecule has 10 heteroatoms. The van der Waals surface area contributed by atoms with Gasteiger partial charge in [0, 0.05) is 0 Å². The lowest BCUT2D eigenvalue weighted by Gasteiger charge is -2.43. The smallest absolute Gasteiger partial charge is 0.340 e. The van der Waals surface area contributed by atoms with E-state index in [0.717, 1.165) is 27.8 Å². The van der Waals surface area contributed by atoms with Crippen LogP contribution in [0, 0.1) is 0 Å². The minimum Gasteiger partial charge on any atom is -0.485 e. The maximum Gasteiger partial charge on any atom is 0.340 e. The van der Waals surface area contributed by atoms with Crippen LogP contribution in [0.5, 0.6) is 17.2 Å². The van der Waals surface area contributed by atoms with E-state index in [1.54, 1.807) is 12.1 Å². The Labute approximate surface area is 338 Å². The highest BCUT2D eigenvalue weighted by atomic mass is 16.7. The Hall–Kier alpha value is -6.01. The normalized spacial score (nSPS) is 18.9. The van der Waals surface area contributed by atoms with Crippen molar-refractivity contribution in [2.24, 2.45) is 0 Å². The summed E-state index contributed by atoms with van der Waals surface area (Å²) in [6.07, 6.45) is -5.98. The number of esters is 1. The minimum atomic E-state index is -1.39. The monoisotopic (exact) mass is 782 g/mol. The fourth-order valence-corrected chi connectivity index (χ4v) is 6.46. The number of ether oxygens (including phenoxy) is 7. The lowest BCUT2D eigenvalue weighted by molar-refractivity contribution is -0.305. The van der Waals surface area contributed by atoms with Gasteiger partial charge in [-0.25, -0.2) is 4.79 Å². The van der Waals surface area contributed by atoms with E-state index in [9.17, 15) is 15.0 Å². The number of aliphatic hydroxyl groups excluding tert-OH is 2. The van der Waals surface area contributed by atoms with E-state index in [1.165, 1.54) is 0 Å². The SMILES string of the molecule is O=C(O[C@H]1O[C@H](CO)[C@@H](O)[C@H](OCc2ccccc2)[C@H]1OCc1ccccc1)c1cc(OCc2ccccc2)c(OCc2ccccc2)c(OCc2ccccc2)c1. The van der Waals surface area contributed by atoms with Crippen molar-refractivity contribution < 1.29 is 48.2 Å². The maximum absolute atomic E-state index is 14.4. The number of carbonyl (C=O) groups is 1. The lowest BCUT2D eigenvalue weighted by atomic mass is 9.98. The van der Waals surface area contributed by atoms with Gasteiger partial charge in [0.2, 0.25) is 12.0 Å². The molecule has 6 aromatic carbocycles. The van der Waals surface area contributed by atoms with Crippen molar-refractivity contribution in [3.63, 3.8) is 0 Å². The van der Waals surface area contributed by atoms with Crippen molar-refractivity contribution in [2.75, 3.05) is 6.61 Å². The molecular formula is C48H46O10. The summed E-state index contributed by atoms with van der Waals surface area (Å²) < 4.78 is 44.0. The zero-order valence-corrected chi connectivity index (χ0v) is 31.9. The van der Waals surface area contributed by atoms with Gasteiger partial charge < -0.3 is 43.4 Å². The quantitative estimate of drug-likeness (QED) is 0.0835. The van der Waals surface area contributed by atoms with Crippen LogP contribution in [0.15, 0.2) is 164 Å². The molecule has 0 aromatic heterocycles. The van der Waals surface area contributed by atoms with Gasteiger partial charge in [0.1, 0.15) is 44.2 Å². The van der Waals surface area contributed by atoms with Gasteiger partial charge in [-0.1, -0.05) is 152 Å². The molecule has 0 aliphatic carbocycles. The van der Waals surface area contributed by atoms with Gasteiger partial charge in [0.05, 0.1) is 25.4 Å². The summed E-state index contributed by atoms with van der Waals surface area (Å²) in [5.41, 5.74) is 4.52. The van der Waals surface area contributed by atoms with Gasteiger partial charge in [0.25, 0.3) is 0 Å². The maximum atomic E-state index is 14.4. The molecule has 0 unspecified atom stereocenters. The predicted molar refractivity (Wildman–Crippen MR) is 216 cm³/mol. The highest BCUT2D eigenvalue weighted by Crippen LogP contribution is 2.41. The molecule has 0 radical (unpaired) electrons. The standard InChI is InChI=1S/C48H46O10/c49-28-42-43(50)45(55-32-37-22-12-4-13-23-37)46(56-33-38-24-14-5-15-25-38)48(57-42)58-47(51)39-26-40(52-29-34-16-6-1-7-17-34)44(54-31-36-20-10-3-11-21-36)41(27-39)53-30-35-18-8-2-9-19-35/h1-27,42-43,45-46,48-50H,28-33H2/t42-,43-,45+,46-,48-/m1/s1. The molecule has 7 rings (SSSR count). The van der Waals surface area contributed by atoms with E-state index in [4.69, 9.17) is 33.2 Å². The minimum absolute atomic E-state index is 0.0806. The van der Waals surface area contributed by atoms with E-state index >= 15 is 0 Å². The summed E-state index contributed by atoms with van der Waals surface area (Å²) in [4.78, 5) is 14.4. The van der Waals surface area contributed by atoms with Crippen molar-refractivity contribution >= 4 is 5.97 Å². The lowest BCUT2D eigenvalue weighted by Crippen LogP contribution is -2.61. The molecule has 2 N–H and O–H groups in total. The zero-order chi connectivity index (χ0) is 39.9. The van der Waals surface area contributed by atoms with Gasteiger partial charge >= 0.3 is 5.97 Å². The topological polar surface area (TPSA) is 122 Å². The van der Waals surface area contributed by atoms with Crippen LogP contribution in [-0.4, -0.2) is 53.5 Å². The second-order valence-corrected chi connectivity index (χ2v) is 13.8. The van der Waals surface area contributed by atoms with Crippen LogP contribution < -0.4 is 14.2 Å². The number of hydrogen-bond acceptors (Lipinski definition) is 10. The third-order valence-electron chi connectivity index (χ3n) is 9.55. The molecule has 0 bridgehead atoms. The first-order chi connectivity index (χ1) is 28.5. The average molecular weight is 783 g/mol. The second-order valence-electron chi connectivity index (χ2n) is 13.8. The van der Waals surface area contributed by atoms with Crippen molar-refractivity contribution in [2.45, 2.75) is 63.7 Å². The molecule has 58 heavy (non-hydrogen) atoms. The first-order valence-electron chi connectivity index (χ1n) is 19.2. The van der Waals surface area contributed by atoms with Crippen molar-refractivity contribution in [3.05, 3.63) is 197 Å². The molecule has 10 nitrogen and oxygen atoms in total. The molecule has 0 spiro atoms. The van der Waals surface area contributed by atoms with Crippen molar-refractivity contribution in [3.8, 4) is 17.2 Å². The Morgan fingerprint density at radius 1 is 0.517 bits per heavy atom. The fourth-order valence-electron chi connectivity index (χ4n) is 6.46. The van der Waals surface area contributed by atoms with Crippen LogP contribution in [0.4, 0.5) is 0 Å². The Bertz CT molecular complexity index is 2070. The summed E-state index contributed by atoms with van der Waals surface area (Å²) >= 11 is 0. The summed E-state index contributed by atoms with van der Waals surface area (Å²) in [5.74, 6) is 0.0259. The Kier molecular flexibility index (Phi) is 14.2. The fraction of sp³-hybridized carbons (Fsp3) is 0.229. The molecule has 1 aliphatic rings. The zero-order valence-electron chi connectivity index (χ0n) is 31.9. The molecular weight excluding hydrogens is 737 g/mol. The van der Waals surface area contributed by atoms with Crippen molar-refractivity contribution in [1.29, 1.82) is 0 Å². The van der Waals surface area contributed by atoms with Gasteiger partial charge in [-0.2, -0.15) is 0 Å².